The summed E-state index contributed by atoms with van der Waals surface area (Å²) in [7, 11) is 4.09. The standard InChI is InChI=1S/C12H23N5O/c1-4-6-10-11(16-13)14-9-15-12(10)18-8-5-7-17(2)3/h9H,4-8,13H2,1-3H3,(H,14,15,16). The molecule has 102 valence electrons. The van der Waals surface area contributed by atoms with E-state index in [4.69, 9.17) is 10.6 Å². The van der Waals surface area contributed by atoms with Gasteiger partial charge in [0.2, 0.25) is 5.88 Å². The second kappa shape index (κ2) is 7.84. The van der Waals surface area contributed by atoms with Gasteiger partial charge in [-0.15, -0.1) is 0 Å². The molecule has 0 unspecified atom stereocenters. The fourth-order valence-corrected chi connectivity index (χ4v) is 1.67. The van der Waals surface area contributed by atoms with E-state index in [1.165, 1.54) is 6.33 Å². The van der Waals surface area contributed by atoms with E-state index in [0.29, 0.717) is 18.3 Å². The summed E-state index contributed by atoms with van der Waals surface area (Å²) in [4.78, 5) is 10.4. The van der Waals surface area contributed by atoms with Crippen molar-refractivity contribution >= 4 is 5.82 Å². The van der Waals surface area contributed by atoms with E-state index < -0.39 is 0 Å². The Kier molecular flexibility index (Phi) is 6.38. The number of nitrogen functional groups attached to an aromatic ring is 1. The van der Waals surface area contributed by atoms with Crippen LogP contribution in [0.25, 0.3) is 0 Å². The van der Waals surface area contributed by atoms with E-state index >= 15 is 0 Å². The lowest BCUT2D eigenvalue weighted by Crippen LogP contribution is -2.17. The van der Waals surface area contributed by atoms with Crippen LogP contribution in [0.4, 0.5) is 5.82 Å². The van der Waals surface area contributed by atoms with Crippen LogP contribution in [-0.4, -0.2) is 42.1 Å². The second-order valence-corrected chi connectivity index (χ2v) is 4.41. The van der Waals surface area contributed by atoms with Crippen LogP contribution in [0.1, 0.15) is 25.3 Å². The average Bonchev–Trinajstić information content (AvgIpc) is 2.36. The minimum absolute atomic E-state index is 0.638. The summed E-state index contributed by atoms with van der Waals surface area (Å²) in [6, 6.07) is 0. The van der Waals surface area contributed by atoms with Gasteiger partial charge in [-0.25, -0.2) is 15.8 Å². The van der Waals surface area contributed by atoms with Gasteiger partial charge in [-0.3, -0.25) is 0 Å². The molecule has 3 N–H and O–H groups in total. The number of hydrogen-bond donors (Lipinski definition) is 2. The summed E-state index contributed by atoms with van der Waals surface area (Å²) in [6.45, 7) is 3.75. The maximum Gasteiger partial charge on any atom is 0.221 e. The first-order valence-electron chi connectivity index (χ1n) is 6.27. The average molecular weight is 253 g/mol. The van der Waals surface area contributed by atoms with Gasteiger partial charge in [0.15, 0.2) is 0 Å². The Morgan fingerprint density at radius 2 is 2.17 bits per heavy atom. The Labute approximate surface area is 109 Å². The Bertz CT molecular complexity index is 356. The Morgan fingerprint density at radius 1 is 1.39 bits per heavy atom. The van der Waals surface area contributed by atoms with Gasteiger partial charge in [-0.2, -0.15) is 0 Å². The number of nitrogens with one attached hydrogen (secondary N) is 1. The predicted molar refractivity (Wildman–Crippen MR) is 72.5 cm³/mol. The van der Waals surface area contributed by atoms with Crippen molar-refractivity contribution < 1.29 is 4.74 Å². The summed E-state index contributed by atoms with van der Waals surface area (Å²) in [6.07, 6.45) is 4.28. The fourth-order valence-electron chi connectivity index (χ4n) is 1.67. The number of rotatable bonds is 8. The van der Waals surface area contributed by atoms with Gasteiger partial charge in [-0.05, 0) is 26.9 Å². The fraction of sp³-hybridized carbons (Fsp3) is 0.667. The molecule has 0 atom stereocenters. The van der Waals surface area contributed by atoms with Crippen molar-refractivity contribution in [2.24, 2.45) is 5.84 Å². The van der Waals surface area contributed by atoms with E-state index in [0.717, 1.165) is 31.4 Å². The molecule has 0 aliphatic carbocycles. The van der Waals surface area contributed by atoms with Crippen LogP contribution in [0, 0.1) is 0 Å². The van der Waals surface area contributed by atoms with Crippen LogP contribution in [0.15, 0.2) is 6.33 Å². The van der Waals surface area contributed by atoms with E-state index in [1.807, 2.05) is 14.1 Å². The van der Waals surface area contributed by atoms with Crippen molar-refractivity contribution in [1.29, 1.82) is 0 Å². The second-order valence-electron chi connectivity index (χ2n) is 4.41. The van der Waals surface area contributed by atoms with Crippen LogP contribution < -0.4 is 16.0 Å². The zero-order chi connectivity index (χ0) is 13.4. The smallest absolute Gasteiger partial charge is 0.221 e. The third-order valence-electron chi connectivity index (χ3n) is 2.53. The lowest BCUT2D eigenvalue weighted by molar-refractivity contribution is 0.270. The Balaban J connectivity index is 2.63. The van der Waals surface area contributed by atoms with Crippen LogP contribution in [0.3, 0.4) is 0 Å². The molecule has 0 spiro atoms. The highest BCUT2D eigenvalue weighted by Crippen LogP contribution is 2.22. The maximum atomic E-state index is 5.71. The molecule has 0 fully saturated rings. The number of anilines is 1. The lowest BCUT2D eigenvalue weighted by Gasteiger charge is -2.13. The van der Waals surface area contributed by atoms with E-state index in [2.05, 4.69) is 27.2 Å². The molecule has 0 saturated heterocycles. The number of hydrogen-bond acceptors (Lipinski definition) is 6. The molecule has 1 rings (SSSR count). The summed E-state index contributed by atoms with van der Waals surface area (Å²) in [5, 5.41) is 0. The summed E-state index contributed by atoms with van der Waals surface area (Å²) in [5.41, 5.74) is 3.54. The predicted octanol–water partition coefficient (Wildman–Crippen LogP) is 1.05. The first kappa shape index (κ1) is 14.7. The molecule has 18 heavy (non-hydrogen) atoms. The molecule has 0 aliphatic heterocycles. The highest BCUT2D eigenvalue weighted by molar-refractivity contribution is 5.47. The van der Waals surface area contributed by atoms with Crippen LogP contribution >= 0.6 is 0 Å². The van der Waals surface area contributed by atoms with Gasteiger partial charge in [0, 0.05) is 6.54 Å². The third-order valence-corrected chi connectivity index (χ3v) is 2.53. The normalized spacial score (nSPS) is 10.7. The highest BCUT2D eigenvalue weighted by atomic mass is 16.5. The highest BCUT2D eigenvalue weighted by Gasteiger charge is 2.11. The lowest BCUT2D eigenvalue weighted by atomic mass is 10.2. The molecule has 0 amide bonds. The number of hydrazine groups is 1. The summed E-state index contributed by atoms with van der Waals surface area (Å²) < 4.78 is 5.71. The van der Waals surface area contributed by atoms with Crippen molar-refractivity contribution in [3.8, 4) is 5.88 Å². The molecule has 1 heterocycles. The van der Waals surface area contributed by atoms with Crippen LogP contribution in [-0.2, 0) is 6.42 Å². The van der Waals surface area contributed by atoms with Gasteiger partial charge >= 0.3 is 0 Å². The molecule has 0 aromatic carbocycles. The molecule has 0 radical (unpaired) electrons. The van der Waals surface area contributed by atoms with Crippen molar-refractivity contribution in [1.82, 2.24) is 14.9 Å². The molecular weight excluding hydrogens is 230 g/mol. The molecule has 1 aromatic rings. The number of nitrogens with two attached hydrogens (primary N) is 1. The zero-order valence-corrected chi connectivity index (χ0v) is 11.4. The van der Waals surface area contributed by atoms with E-state index in [1.54, 1.807) is 0 Å². The topological polar surface area (TPSA) is 76.3 Å². The summed E-state index contributed by atoms with van der Waals surface area (Å²) in [5.74, 6) is 6.73. The van der Waals surface area contributed by atoms with Gasteiger partial charge < -0.3 is 15.1 Å². The molecule has 0 aliphatic rings. The molecule has 0 bridgehead atoms. The van der Waals surface area contributed by atoms with Crippen molar-refractivity contribution in [2.75, 3.05) is 32.7 Å². The van der Waals surface area contributed by atoms with Crippen molar-refractivity contribution in [3.63, 3.8) is 0 Å². The van der Waals surface area contributed by atoms with Crippen molar-refractivity contribution in [3.05, 3.63) is 11.9 Å². The number of aromatic nitrogens is 2. The van der Waals surface area contributed by atoms with Gasteiger partial charge in [0.25, 0.3) is 0 Å². The van der Waals surface area contributed by atoms with Gasteiger partial charge in [-0.1, -0.05) is 13.3 Å². The summed E-state index contributed by atoms with van der Waals surface area (Å²) >= 11 is 0. The van der Waals surface area contributed by atoms with E-state index in [-0.39, 0.29) is 0 Å². The molecule has 6 nitrogen and oxygen atoms in total. The Hall–Kier alpha value is -1.40. The monoisotopic (exact) mass is 253 g/mol. The van der Waals surface area contributed by atoms with Crippen LogP contribution in [0.2, 0.25) is 0 Å². The van der Waals surface area contributed by atoms with Gasteiger partial charge in [0.05, 0.1) is 12.2 Å². The van der Waals surface area contributed by atoms with Crippen LogP contribution in [0.5, 0.6) is 5.88 Å². The molecule has 6 heteroatoms. The van der Waals surface area contributed by atoms with Crippen molar-refractivity contribution in [2.45, 2.75) is 26.2 Å². The number of ether oxygens (including phenoxy) is 1. The van der Waals surface area contributed by atoms with Gasteiger partial charge in [0.1, 0.15) is 12.1 Å². The first-order valence-corrected chi connectivity index (χ1v) is 6.27. The number of nitrogens with zero attached hydrogens (tertiary/aromatic N) is 3. The Morgan fingerprint density at radius 3 is 2.78 bits per heavy atom. The van der Waals surface area contributed by atoms with E-state index in [9.17, 15) is 0 Å². The molecular formula is C12H23N5O. The molecule has 0 saturated carbocycles. The quantitative estimate of drug-likeness (QED) is 0.409. The minimum Gasteiger partial charge on any atom is -0.477 e. The minimum atomic E-state index is 0.638. The SMILES string of the molecule is CCCc1c(NN)ncnc1OCCCN(C)C. The molecule has 1 aromatic heterocycles. The zero-order valence-electron chi connectivity index (χ0n) is 11.4. The third kappa shape index (κ3) is 4.46. The first-order chi connectivity index (χ1) is 8.69. The maximum absolute atomic E-state index is 5.71. The largest absolute Gasteiger partial charge is 0.477 e.